The molecule has 0 amide bonds. The normalized spacial score (nSPS) is 16.9. The molecule has 8 heteroatoms. The van der Waals surface area contributed by atoms with Gasteiger partial charge in [0.05, 0.1) is 22.0 Å². The van der Waals surface area contributed by atoms with E-state index in [0.29, 0.717) is 36.3 Å². The Morgan fingerprint density at radius 1 is 1.11 bits per heavy atom. The summed E-state index contributed by atoms with van der Waals surface area (Å²) in [5.74, 6) is 0.126. The van der Waals surface area contributed by atoms with Crippen LogP contribution in [-0.2, 0) is 26.5 Å². The lowest BCUT2D eigenvalue weighted by Gasteiger charge is -2.28. The molecule has 0 aromatic heterocycles. The van der Waals surface area contributed by atoms with E-state index < -0.39 is 20.0 Å². The van der Waals surface area contributed by atoms with Gasteiger partial charge in [0.1, 0.15) is 0 Å². The van der Waals surface area contributed by atoms with Crippen molar-refractivity contribution in [1.82, 2.24) is 0 Å². The molecule has 2 aromatic rings. The number of hydrogen-bond acceptors (Lipinski definition) is 4. The predicted octanol–water partition coefficient (Wildman–Crippen LogP) is 3.29. The quantitative estimate of drug-likeness (QED) is 0.823. The summed E-state index contributed by atoms with van der Waals surface area (Å²) in [6.07, 6.45) is 2.17. The van der Waals surface area contributed by atoms with Crippen LogP contribution in [0.3, 0.4) is 0 Å². The summed E-state index contributed by atoms with van der Waals surface area (Å²) < 4.78 is 54.3. The van der Waals surface area contributed by atoms with Crippen LogP contribution in [0.15, 0.2) is 47.4 Å². The second-order valence-corrected chi connectivity index (χ2v) is 10.3. The molecular formula is C19H24N2O4S2. The van der Waals surface area contributed by atoms with Gasteiger partial charge in [-0.15, -0.1) is 0 Å². The maximum Gasteiger partial charge on any atom is 0.262 e. The highest BCUT2D eigenvalue weighted by Crippen LogP contribution is 2.29. The molecule has 1 fully saturated rings. The van der Waals surface area contributed by atoms with Crippen molar-refractivity contribution in [2.75, 3.05) is 21.3 Å². The SMILES string of the molecule is CCc1ccccc1NS(=O)(=O)c1ccc(N2CCCCS2(=O)=O)cc1C. The van der Waals surface area contributed by atoms with Gasteiger partial charge in [0, 0.05) is 6.54 Å². The van der Waals surface area contributed by atoms with Gasteiger partial charge in [-0.1, -0.05) is 25.1 Å². The van der Waals surface area contributed by atoms with Gasteiger partial charge in [0.15, 0.2) is 0 Å². The lowest BCUT2D eigenvalue weighted by molar-refractivity contribution is 0.574. The third-order valence-corrected chi connectivity index (χ3v) is 8.12. The number of nitrogens with zero attached hydrogens (tertiary/aromatic N) is 1. The molecule has 0 radical (unpaired) electrons. The fraction of sp³-hybridized carbons (Fsp3) is 0.368. The van der Waals surface area contributed by atoms with E-state index in [9.17, 15) is 16.8 Å². The van der Waals surface area contributed by atoms with E-state index in [0.717, 1.165) is 12.0 Å². The highest BCUT2D eigenvalue weighted by Gasteiger charge is 2.27. The van der Waals surface area contributed by atoms with Crippen LogP contribution in [0, 0.1) is 6.92 Å². The Kier molecular flexibility index (Phi) is 5.48. The average Bonchev–Trinajstić information content (AvgIpc) is 2.61. The minimum Gasteiger partial charge on any atom is -0.279 e. The second-order valence-electron chi connectivity index (χ2n) is 6.66. The summed E-state index contributed by atoms with van der Waals surface area (Å²) in [7, 11) is -7.10. The zero-order valence-electron chi connectivity index (χ0n) is 15.5. The molecular weight excluding hydrogens is 384 g/mol. The monoisotopic (exact) mass is 408 g/mol. The first-order valence-corrected chi connectivity index (χ1v) is 12.1. The van der Waals surface area contributed by atoms with E-state index in [2.05, 4.69) is 4.72 Å². The van der Waals surface area contributed by atoms with Gasteiger partial charge in [0.25, 0.3) is 10.0 Å². The molecule has 1 aliphatic heterocycles. The second kappa shape index (κ2) is 7.52. The zero-order valence-corrected chi connectivity index (χ0v) is 17.1. The first kappa shape index (κ1) is 19.7. The topological polar surface area (TPSA) is 83.6 Å². The van der Waals surface area contributed by atoms with Crippen LogP contribution in [0.4, 0.5) is 11.4 Å². The Morgan fingerprint density at radius 2 is 1.85 bits per heavy atom. The molecule has 0 atom stereocenters. The Balaban J connectivity index is 1.93. The van der Waals surface area contributed by atoms with Crippen LogP contribution < -0.4 is 9.03 Å². The highest BCUT2D eigenvalue weighted by atomic mass is 32.2. The molecule has 0 saturated carbocycles. The smallest absolute Gasteiger partial charge is 0.262 e. The van der Waals surface area contributed by atoms with E-state index in [1.807, 2.05) is 19.1 Å². The lowest BCUT2D eigenvalue weighted by atomic mass is 10.1. The Morgan fingerprint density at radius 3 is 2.52 bits per heavy atom. The minimum absolute atomic E-state index is 0.126. The number of rotatable bonds is 5. The summed E-state index contributed by atoms with van der Waals surface area (Å²) in [6, 6.07) is 11.9. The molecule has 2 aromatic carbocycles. The third kappa shape index (κ3) is 4.11. The largest absolute Gasteiger partial charge is 0.279 e. The van der Waals surface area contributed by atoms with Gasteiger partial charge in [-0.2, -0.15) is 0 Å². The van der Waals surface area contributed by atoms with Crippen LogP contribution in [0.5, 0.6) is 0 Å². The van der Waals surface area contributed by atoms with Crippen molar-refractivity contribution in [3.8, 4) is 0 Å². The molecule has 1 aliphatic rings. The predicted molar refractivity (Wildman–Crippen MR) is 108 cm³/mol. The number of benzene rings is 2. The standard InChI is InChI=1S/C19H24N2O4S2/c1-3-16-8-4-5-9-18(16)20-27(24,25)19-11-10-17(14-15(19)2)21-12-6-7-13-26(21,22)23/h4-5,8-11,14,20H,3,6-7,12-13H2,1-2H3. The molecule has 27 heavy (non-hydrogen) atoms. The van der Waals surface area contributed by atoms with Crippen LogP contribution in [0.2, 0.25) is 0 Å². The Bertz CT molecular complexity index is 1050. The third-order valence-electron chi connectivity index (χ3n) is 4.73. The van der Waals surface area contributed by atoms with Gasteiger partial charge >= 0.3 is 0 Å². The van der Waals surface area contributed by atoms with Crippen molar-refractivity contribution in [2.45, 2.75) is 38.0 Å². The number of anilines is 2. The number of hydrogen-bond donors (Lipinski definition) is 1. The lowest BCUT2D eigenvalue weighted by Crippen LogP contribution is -2.37. The van der Waals surface area contributed by atoms with Crippen molar-refractivity contribution in [3.63, 3.8) is 0 Å². The van der Waals surface area contributed by atoms with Gasteiger partial charge in [0.2, 0.25) is 10.0 Å². The number of sulfonamides is 2. The maximum atomic E-state index is 12.9. The summed E-state index contributed by atoms with van der Waals surface area (Å²) >= 11 is 0. The van der Waals surface area contributed by atoms with E-state index in [-0.39, 0.29) is 10.6 Å². The fourth-order valence-corrected chi connectivity index (χ4v) is 6.26. The first-order valence-electron chi connectivity index (χ1n) is 8.96. The number of para-hydroxylation sites is 1. The Hall–Kier alpha value is -2.06. The molecule has 0 aliphatic carbocycles. The number of nitrogens with one attached hydrogen (secondary N) is 1. The van der Waals surface area contributed by atoms with Crippen molar-refractivity contribution >= 4 is 31.4 Å². The van der Waals surface area contributed by atoms with E-state index >= 15 is 0 Å². The van der Waals surface area contributed by atoms with Crippen molar-refractivity contribution in [3.05, 3.63) is 53.6 Å². The van der Waals surface area contributed by atoms with Crippen molar-refractivity contribution in [1.29, 1.82) is 0 Å². The summed E-state index contributed by atoms with van der Waals surface area (Å²) in [5, 5.41) is 0. The maximum absolute atomic E-state index is 12.9. The molecule has 1 N–H and O–H groups in total. The van der Waals surface area contributed by atoms with Gasteiger partial charge < -0.3 is 0 Å². The van der Waals surface area contributed by atoms with E-state index in [1.54, 1.807) is 31.2 Å². The van der Waals surface area contributed by atoms with E-state index in [4.69, 9.17) is 0 Å². The molecule has 0 unspecified atom stereocenters. The van der Waals surface area contributed by atoms with Crippen molar-refractivity contribution < 1.29 is 16.8 Å². The molecule has 1 heterocycles. The van der Waals surface area contributed by atoms with Gasteiger partial charge in [-0.05, 0) is 61.6 Å². The highest BCUT2D eigenvalue weighted by molar-refractivity contribution is 7.93. The molecule has 0 spiro atoms. The first-order chi connectivity index (χ1) is 12.7. The molecule has 146 valence electrons. The van der Waals surface area contributed by atoms with Gasteiger partial charge in [-0.3, -0.25) is 9.03 Å². The number of aryl methyl sites for hydroxylation is 2. The molecule has 6 nitrogen and oxygen atoms in total. The molecule has 0 bridgehead atoms. The minimum atomic E-state index is -3.77. The fourth-order valence-electron chi connectivity index (χ4n) is 3.30. The molecule has 3 rings (SSSR count). The zero-order chi connectivity index (χ0) is 19.7. The Labute approximate surface area is 161 Å². The average molecular weight is 409 g/mol. The molecule has 1 saturated heterocycles. The van der Waals surface area contributed by atoms with Gasteiger partial charge in [-0.25, -0.2) is 16.8 Å². The summed E-state index contributed by atoms with van der Waals surface area (Å²) in [5.41, 5.74) is 2.49. The van der Waals surface area contributed by atoms with Crippen LogP contribution >= 0.6 is 0 Å². The van der Waals surface area contributed by atoms with Crippen LogP contribution in [0.1, 0.15) is 30.9 Å². The van der Waals surface area contributed by atoms with Crippen molar-refractivity contribution in [2.24, 2.45) is 0 Å². The van der Waals surface area contributed by atoms with Crippen LogP contribution in [-0.4, -0.2) is 29.1 Å². The summed E-state index contributed by atoms with van der Waals surface area (Å²) in [6.45, 7) is 4.07. The van der Waals surface area contributed by atoms with Crippen LogP contribution in [0.25, 0.3) is 0 Å². The van der Waals surface area contributed by atoms with E-state index in [1.165, 1.54) is 10.4 Å². The summed E-state index contributed by atoms with van der Waals surface area (Å²) in [4.78, 5) is 0.145.